The molecule has 0 spiro atoms. The van der Waals surface area contributed by atoms with Gasteiger partial charge in [-0.25, -0.2) is 0 Å². The van der Waals surface area contributed by atoms with Gasteiger partial charge in [-0.2, -0.15) is 18.4 Å². The average Bonchev–Trinajstić information content (AvgIpc) is 2.59. The van der Waals surface area contributed by atoms with Gasteiger partial charge in [-0.15, -0.1) is 0 Å². The summed E-state index contributed by atoms with van der Waals surface area (Å²) in [6.07, 6.45) is -1.12. The predicted molar refractivity (Wildman–Crippen MR) is 83.1 cm³/mol. The number of fused-ring (bicyclic) bond motifs is 1. The third kappa shape index (κ3) is 2.76. The van der Waals surface area contributed by atoms with Gasteiger partial charge in [0.05, 0.1) is 17.3 Å². The summed E-state index contributed by atoms with van der Waals surface area (Å²) in [5.74, 6) is -0.521. The Labute approximate surface area is 136 Å². The van der Waals surface area contributed by atoms with Gasteiger partial charge in [0, 0.05) is 5.56 Å². The molecule has 1 aliphatic rings. The van der Waals surface area contributed by atoms with E-state index in [1.54, 1.807) is 36.4 Å². The van der Waals surface area contributed by atoms with Crippen LogP contribution < -0.4 is 4.90 Å². The van der Waals surface area contributed by atoms with Gasteiger partial charge in [-0.05, 0) is 42.0 Å². The van der Waals surface area contributed by atoms with Gasteiger partial charge in [0.15, 0.2) is 0 Å². The zero-order valence-corrected chi connectivity index (χ0v) is 12.3. The molecule has 1 heterocycles. The molecular formula is C18H11F3N2O. The number of anilines is 1. The number of para-hydroxylation sites is 1. The van der Waals surface area contributed by atoms with E-state index in [1.807, 2.05) is 6.07 Å². The van der Waals surface area contributed by atoms with E-state index in [0.29, 0.717) is 5.69 Å². The van der Waals surface area contributed by atoms with Crippen molar-refractivity contribution in [3.05, 3.63) is 71.3 Å². The molecule has 0 radical (unpaired) electrons. The highest BCUT2D eigenvalue weighted by Gasteiger charge is 2.32. The van der Waals surface area contributed by atoms with Gasteiger partial charge in [-0.3, -0.25) is 9.69 Å². The molecule has 2 aromatic carbocycles. The molecule has 6 heteroatoms. The van der Waals surface area contributed by atoms with Gasteiger partial charge >= 0.3 is 6.18 Å². The van der Waals surface area contributed by atoms with E-state index in [0.717, 1.165) is 29.8 Å². The summed E-state index contributed by atoms with van der Waals surface area (Å²) in [7, 11) is 0. The molecule has 0 aromatic heterocycles. The molecule has 2 aromatic rings. The Kier molecular flexibility index (Phi) is 3.86. The Hall–Kier alpha value is -3.07. The van der Waals surface area contributed by atoms with Crippen molar-refractivity contribution in [3.63, 3.8) is 0 Å². The van der Waals surface area contributed by atoms with E-state index in [9.17, 15) is 23.2 Å². The monoisotopic (exact) mass is 328 g/mol. The Bertz CT molecular complexity index is 848. The Morgan fingerprint density at radius 3 is 2.38 bits per heavy atom. The van der Waals surface area contributed by atoms with Crippen molar-refractivity contribution in [1.29, 1.82) is 5.26 Å². The molecule has 0 saturated heterocycles. The van der Waals surface area contributed by atoms with Gasteiger partial charge in [-0.1, -0.05) is 24.3 Å². The SMILES string of the molecule is N#CC1C=Cc2ccccc2N1C(=O)c1ccc(C(F)(F)F)cc1. The maximum absolute atomic E-state index is 12.8. The summed E-state index contributed by atoms with van der Waals surface area (Å²) in [6.45, 7) is 0. The van der Waals surface area contributed by atoms with E-state index in [-0.39, 0.29) is 5.56 Å². The number of hydrogen-bond donors (Lipinski definition) is 0. The minimum Gasteiger partial charge on any atom is -0.288 e. The predicted octanol–water partition coefficient (Wildman–Crippen LogP) is 4.27. The first-order valence-electron chi connectivity index (χ1n) is 7.09. The van der Waals surface area contributed by atoms with Crippen molar-refractivity contribution in [1.82, 2.24) is 0 Å². The van der Waals surface area contributed by atoms with Crippen LogP contribution in [0.5, 0.6) is 0 Å². The first kappa shape index (κ1) is 15.8. The molecule has 1 unspecified atom stereocenters. The number of carbonyl (C=O) groups is 1. The topological polar surface area (TPSA) is 44.1 Å². The van der Waals surface area contributed by atoms with Crippen LogP contribution in [0, 0.1) is 11.3 Å². The number of alkyl halides is 3. The fourth-order valence-corrected chi connectivity index (χ4v) is 2.56. The second-order valence-electron chi connectivity index (χ2n) is 5.24. The molecule has 1 atom stereocenters. The van der Waals surface area contributed by atoms with Crippen LogP contribution in [0.25, 0.3) is 6.08 Å². The Balaban J connectivity index is 1.99. The number of nitriles is 1. The minimum atomic E-state index is -4.46. The largest absolute Gasteiger partial charge is 0.416 e. The van der Waals surface area contributed by atoms with Crippen LogP contribution in [-0.2, 0) is 6.18 Å². The molecule has 1 aliphatic heterocycles. The standard InChI is InChI=1S/C18H11F3N2O/c19-18(20,21)14-8-5-13(6-9-14)17(24)23-15(11-22)10-7-12-3-1-2-4-16(12)23/h1-10,15H. The van der Waals surface area contributed by atoms with Gasteiger partial charge in [0.2, 0.25) is 0 Å². The van der Waals surface area contributed by atoms with Gasteiger partial charge < -0.3 is 0 Å². The normalized spacial score (nSPS) is 16.4. The van der Waals surface area contributed by atoms with Crippen LogP contribution in [-0.4, -0.2) is 11.9 Å². The van der Waals surface area contributed by atoms with E-state index in [2.05, 4.69) is 0 Å². The summed E-state index contributed by atoms with van der Waals surface area (Å²) >= 11 is 0. The summed E-state index contributed by atoms with van der Waals surface area (Å²) in [5.41, 5.74) is 0.587. The first-order valence-corrected chi connectivity index (χ1v) is 7.09. The number of benzene rings is 2. The highest BCUT2D eigenvalue weighted by atomic mass is 19.4. The summed E-state index contributed by atoms with van der Waals surface area (Å²) in [6, 6.07) is 12.2. The Morgan fingerprint density at radius 2 is 1.75 bits per heavy atom. The fourth-order valence-electron chi connectivity index (χ4n) is 2.56. The molecule has 3 rings (SSSR count). The van der Waals surface area contributed by atoms with Crippen molar-refractivity contribution < 1.29 is 18.0 Å². The number of amides is 1. The number of nitrogens with zero attached hydrogens (tertiary/aromatic N) is 2. The van der Waals surface area contributed by atoms with Crippen molar-refractivity contribution in [2.75, 3.05) is 4.90 Å². The van der Waals surface area contributed by atoms with Crippen molar-refractivity contribution >= 4 is 17.7 Å². The van der Waals surface area contributed by atoms with Crippen LogP contribution in [0.3, 0.4) is 0 Å². The summed E-state index contributed by atoms with van der Waals surface area (Å²) < 4.78 is 37.9. The average molecular weight is 328 g/mol. The third-order valence-electron chi connectivity index (χ3n) is 3.74. The van der Waals surface area contributed by atoms with E-state index < -0.39 is 23.7 Å². The molecule has 1 amide bonds. The molecule has 0 bridgehead atoms. The molecule has 0 saturated carbocycles. The summed E-state index contributed by atoms with van der Waals surface area (Å²) in [4.78, 5) is 14.0. The van der Waals surface area contributed by atoms with Crippen molar-refractivity contribution in [2.24, 2.45) is 0 Å². The highest BCUT2D eigenvalue weighted by Crippen LogP contribution is 2.32. The minimum absolute atomic E-state index is 0.0911. The second-order valence-corrected chi connectivity index (χ2v) is 5.24. The zero-order valence-electron chi connectivity index (χ0n) is 12.3. The number of rotatable bonds is 1. The Morgan fingerprint density at radius 1 is 1.08 bits per heavy atom. The first-order chi connectivity index (χ1) is 11.4. The lowest BCUT2D eigenvalue weighted by atomic mass is 10.0. The fraction of sp³-hybridized carbons (Fsp3) is 0.111. The van der Waals surface area contributed by atoms with E-state index >= 15 is 0 Å². The molecular weight excluding hydrogens is 317 g/mol. The lowest BCUT2D eigenvalue weighted by Gasteiger charge is -2.30. The molecule has 0 aliphatic carbocycles. The maximum Gasteiger partial charge on any atom is 0.416 e. The molecule has 3 nitrogen and oxygen atoms in total. The molecule has 0 N–H and O–H groups in total. The van der Waals surface area contributed by atoms with E-state index in [1.165, 1.54) is 4.90 Å². The van der Waals surface area contributed by atoms with Crippen LogP contribution in [0.2, 0.25) is 0 Å². The van der Waals surface area contributed by atoms with E-state index in [4.69, 9.17) is 0 Å². The van der Waals surface area contributed by atoms with Crippen molar-refractivity contribution in [3.8, 4) is 6.07 Å². The zero-order chi connectivity index (χ0) is 17.3. The van der Waals surface area contributed by atoms with Crippen LogP contribution in [0.15, 0.2) is 54.6 Å². The third-order valence-corrected chi connectivity index (χ3v) is 3.74. The second kappa shape index (κ2) is 5.85. The quantitative estimate of drug-likeness (QED) is 0.784. The summed E-state index contributed by atoms with van der Waals surface area (Å²) in [5, 5.41) is 9.29. The van der Waals surface area contributed by atoms with Crippen LogP contribution >= 0.6 is 0 Å². The van der Waals surface area contributed by atoms with Crippen LogP contribution in [0.4, 0.5) is 18.9 Å². The smallest absolute Gasteiger partial charge is 0.288 e. The van der Waals surface area contributed by atoms with Crippen molar-refractivity contribution in [2.45, 2.75) is 12.2 Å². The lowest BCUT2D eigenvalue weighted by molar-refractivity contribution is -0.137. The van der Waals surface area contributed by atoms with Gasteiger partial charge in [0.1, 0.15) is 6.04 Å². The highest BCUT2D eigenvalue weighted by molar-refractivity contribution is 6.08. The maximum atomic E-state index is 12.8. The molecule has 0 fully saturated rings. The number of carbonyl (C=O) groups excluding carboxylic acids is 1. The molecule has 120 valence electrons. The number of halogens is 3. The van der Waals surface area contributed by atoms with Gasteiger partial charge in [0.25, 0.3) is 5.91 Å². The van der Waals surface area contributed by atoms with Crippen LogP contribution in [0.1, 0.15) is 21.5 Å². The lowest BCUT2D eigenvalue weighted by Crippen LogP contribution is -2.40. The molecule has 24 heavy (non-hydrogen) atoms. The number of hydrogen-bond acceptors (Lipinski definition) is 2.